The molecule has 0 unspecified atom stereocenters. The number of anilines is 1. The van der Waals surface area contributed by atoms with E-state index in [1.54, 1.807) is 6.20 Å². The SMILES string of the molecule is CCC(F)(F)c1cc(=O)oc2ccc(S(=O)(=O)C3CCCN(c4ccccn4)CCC3)cc12. The van der Waals surface area contributed by atoms with Crippen molar-refractivity contribution in [3.63, 3.8) is 0 Å². The maximum Gasteiger partial charge on any atom is 0.336 e. The number of alkyl halides is 2. The molecule has 0 saturated carbocycles. The van der Waals surface area contributed by atoms with E-state index in [1.165, 1.54) is 25.1 Å². The highest BCUT2D eigenvalue weighted by molar-refractivity contribution is 7.92. The van der Waals surface area contributed by atoms with E-state index in [9.17, 15) is 22.0 Å². The number of benzene rings is 1. The van der Waals surface area contributed by atoms with Crippen LogP contribution in [-0.4, -0.2) is 31.7 Å². The normalized spacial score (nSPS) is 16.5. The van der Waals surface area contributed by atoms with Gasteiger partial charge in [-0.3, -0.25) is 0 Å². The third-order valence-electron chi connectivity index (χ3n) is 6.20. The molecule has 0 spiro atoms. The van der Waals surface area contributed by atoms with Gasteiger partial charge in [-0.15, -0.1) is 0 Å². The first-order chi connectivity index (χ1) is 15.7. The number of hydrogen-bond acceptors (Lipinski definition) is 6. The Morgan fingerprint density at radius 3 is 2.48 bits per heavy atom. The van der Waals surface area contributed by atoms with Crippen LogP contribution in [0.1, 0.15) is 44.6 Å². The van der Waals surface area contributed by atoms with Crippen molar-refractivity contribution in [2.75, 3.05) is 18.0 Å². The van der Waals surface area contributed by atoms with Crippen molar-refractivity contribution in [2.24, 2.45) is 0 Å². The van der Waals surface area contributed by atoms with Gasteiger partial charge >= 0.3 is 5.63 Å². The van der Waals surface area contributed by atoms with Crippen LogP contribution >= 0.6 is 0 Å². The highest BCUT2D eigenvalue weighted by Crippen LogP contribution is 2.37. The van der Waals surface area contributed by atoms with E-state index >= 15 is 0 Å². The van der Waals surface area contributed by atoms with Crippen molar-refractivity contribution in [1.29, 1.82) is 0 Å². The number of sulfone groups is 1. The van der Waals surface area contributed by atoms with Crippen molar-refractivity contribution >= 4 is 26.6 Å². The third-order valence-corrected chi connectivity index (χ3v) is 8.46. The Hall–Kier alpha value is -2.81. The second-order valence-corrected chi connectivity index (χ2v) is 10.5. The number of rotatable bonds is 5. The van der Waals surface area contributed by atoms with Crippen LogP contribution in [0.2, 0.25) is 0 Å². The molecule has 0 N–H and O–H groups in total. The molecule has 3 aromatic rings. The summed E-state index contributed by atoms with van der Waals surface area (Å²) in [4.78, 5) is 18.3. The zero-order valence-electron chi connectivity index (χ0n) is 18.3. The molecule has 33 heavy (non-hydrogen) atoms. The summed E-state index contributed by atoms with van der Waals surface area (Å²) in [5.74, 6) is -2.40. The predicted octanol–water partition coefficient (Wildman–Crippen LogP) is 4.91. The van der Waals surface area contributed by atoms with Gasteiger partial charge in [-0.25, -0.2) is 27.0 Å². The third kappa shape index (κ3) is 4.78. The van der Waals surface area contributed by atoms with Crippen LogP contribution in [0.3, 0.4) is 0 Å². The molecule has 1 fully saturated rings. The lowest BCUT2D eigenvalue weighted by atomic mass is 10.0. The molecule has 3 heterocycles. The molecule has 1 aliphatic heterocycles. The van der Waals surface area contributed by atoms with Gasteiger partial charge in [0.05, 0.1) is 10.1 Å². The Morgan fingerprint density at radius 2 is 1.85 bits per heavy atom. The highest BCUT2D eigenvalue weighted by atomic mass is 32.2. The summed E-state index contributed by atoms with van der Waals surface area (Å²) in [5, 5.41) is -0.651. The molecule has 1 aliphatic rings. The number of hydrogen-bond donors (Lipinski definition) is 0. The molecular weight excluding hydrogens is 450 g/mol. The molecule has 6 nitrogen and oxygen atoms in total. The predicted molar refractivity (Wildman–Crippen MR) is 123 cm³/mol. The first-order valence-electron chi connectivity index (χ1n) is 11.1. The minimum absolute atomic E-state index is 0.0239. The van der Waals surface area contributed by atoms with E-state index in [0.29, 0.717) is 38.8 Å². The van der Waals surface area contributed by atoms with Crippen LogP contribution in [0.4, 0.5) is 14.6 Å². The lowest BCUT2D eigenvalue weighted by Gasteiger charge is -2.28. The molecule has 176 valence electrons. The summed E-state index contributed by atoms with van der Waals surface area (Å²) in [7, 11) is -3.75. The van der Waals surface area contributed by atoms with E-state index in [0.717, 1.165) is 11.9 Å². The van der Waals surface area contributed by atoms with Gasteiger partial charge in [0.1, 0.15) is 11.4 Å². The van der Waals surface area contributed by atoms with E-state index in [1.807, 2.05) is 18.2 Å². The molecule has 1 saturated heterocycles. The summed E-state index contributed by atoms with van der Waals surface area (Å²) in [6.07, 6.45) is 3.48. The van der Waals surface area contributed by atoms with Gasteiger partial charge < -0.3 is 9.32 Å². The maximum atomic E-state index is 14.5. The van der Waals surface area contributed by atoms with Crippen molar-refractivity contribution in [2.45, 2.75) is 55.1 Å². The Balaban J connectivity index is 1.62. The van der Waals surface area contributed by atoms with Gasteiger partial charge in [0.2, 0.25) is 0 Å². The monoisotopic (exact) mass is 476 g/mol. The van der Waals surface area contributed by atoms with Crippen LogP contribution in [0, 0.1) is 0 Å². The average Bonchev–Trinajstić information content (AvgIpc) is 2.78. The summed E-state index contributed by atoms with van der Waals surface area (Å²) in [6, 6.07) is 10.3. The standard InChI is InChI=1S/C24H26F2N2O4S/c1-2-24(25,26)20-16-23(29)32-21-11-10-18(15-19(20)21)33(30,31)17-7-5-13-28(14-6-8-17)22-9-3-4-12-27-22/h3-4,9-12,15-17H,2,5-8,13-14H2,1H3. The summed E-state index contributed by atoms with van der Waals surface area (Å²) in [5.41, 5.74) is -1.44. The summed E-state index contributed by atoms with van der Waals surface area (Å²) < 4.78 is 61.0. The smallest absolute Gasteiger partial charge is 0.336 e. The van der Waals surface area contributed by atoms with Crippen LogP contribution in [-0.2, 0) is 15.8 Å². The maximum absolute atomic E-state index is 14.5. The van der Waals surface area contributed by atoms with Crippen molar-refractivity contribution in [3.05, 3.63) is 64.6 Å². The van der Waals surface area contributed by atoms with Crippen molar-refractivity contribution < 1.29 is 21.6 Å². The van der Waals surface area contributed by atoms with Crippen LogP contribution in [0.15, 0.2) is 62.8 Å². The largest absolute Gasteiger partial charge is 0.423 e. The van der Waals surface area contributed by atoms with Gasteiger partial charge in [0.25, 0.3) is 5.92 Å². The van der Waals surface area contributed by atoms with E-state index in [2.05, 4.69) is 9.88 Å². The Bertz CT molecular complexity index is 1280. The average molecular weight is 477 g/mol. The molecule has 4 rings (SSSR count). The fourth-order valence-electron chi connectivity index (χ4n) is 4.36. The molecule has 0 bridgehead atoms. The second kappa shape index (κ2) is 9.21. The van der Waals surface area contributed by atoms with Crippen LogP contribution < -0.4 is 10.5 Å². The topological polar surface area (TPSA) is 80.5 Å². The summed E-state index contributed by atoms with van der Waals surface area (Å²) in [6.45, 7) is 2.70. The molecule has 1 aromatic carbocycles. The number of fused-ring (bicyclic) bond motifs is 1. The molecule has 0 atom stereocenters. The van der Waals surface area contributed by atoms with Gasteiger partial charge in [0, 0.05) is 42.7 Å². The van der Waals surface area contributed by atoms with Crippen LogP contribution in [0.5, 0.6) is 0 Å². The first kappa shape index (κ1) is 23.4. The first-order valence-corrected chi connectivity index (χ1v) is 12.6. The Morgan fingerprint density at radius 1 is 1.12 bits per heavy atom. The van der Waals surface area contributed by atoms with Crippen molar-refractivity contribution in [1.82, 2.24) is 4.98 Å². The van der Waals surface area contributed by atoms with Gasteiger partial charge in [0.15, 0.2) is 9.84 Å². The number of pyridine rings is 1. The second-order valence-electron chi connectivity index (χ2n) is 8.32. The summed E-state index contributed by atoms with van der Waals surface area (Å²) >= 11 is 0. The minimum Gasteiger partial charge on any atom is -0.423 e. The molecule has 0 aliphatic carbocycles. The quantitative estimate of drug-likeness (QED) is 0.487. The van der Waals surface area contributed by atoms with E-state index in [4.69, 9.17) is 4.42 Å². The number of nitrogens with zero attached hydrogens (tertiary/aromatic N) is 2. The fourth-order valence-corrected chi connectivity index (χ4v) is 6.24. The lowest BCUT2D eigenvalue weighted by molar-refractivity contribution is -0.00715. The zero-order chi connectivity index (χ0) is 23.6. The molecule has 2 aromatic heterocycles. The number of halogens is 2. The molecular formula is C24H26F2N2O4S. The molecule has 9 heteroatoms. The Kier molecular flexibility index (Phi) is 6.52. The molecule has 0 amide bonds. The number of aromatic nitrogens is 1. The highest BCUT2D eigenvalue weighted by Gasteiger charge is 2.34. The van der Waals surface area contributed by atoms with Crippen molar-refractivity contribution in [3.8, 4) is 0 Å². The minimum atomic E-state index is -3.75. The van der Waals surface area contributed by atoms with Crippen LogP contribution in [0.25, 0.3) is 11.0 Å². The van der Waals surface area contributed by atoms with Gasteiger partial charge in [-0.05, 0) is 56.0 Å². The lowest BCUT2D eigenvalue weighted by Crippen LogP contribution is -2.32. The zero-order valence-corrected chi connectivity index (χ0v) is 19.2. The van der Waals surface area contributed by atoms with E-state index < -0.39 is 38.6 Å². The van der Waals surface area contributed by atoms with E-state index in [-0.39, 0.29) is 15.9 Å². The fraction of sp³-hybridized carbons (Fsp3) is 0.417. The Labute approximate surface area is 191 Å². The van der Waals surface area contributed by atoms with Gasteiger partial charge in [-0.1, -0.05) is 13.0 Å². The molecule has 0 radical (unpaired) electrons. The van der Waals surface area contributed by atoms with Gasteiger partial charge in [-0.2, -0.15) is 0 Å².